The number of carbonyl (C=O) groups excluding carboxylic acids is 1. The van der Waals surface area contributed by atoms with E-state index in [-0.39, 0.29) is 17.9 Å². The van der Waals surface area contributed by atoms with Gasteiger partial charge in [-0.1, -0.05) is 12.2 Å². The maximum Gasteiger partial charge on any atom is 0.227 e. The molecule has 1 amide bonds. The first kappa shape index (κ1) is 10.3. The van der Waals surface area contributed by atoms with Gasteiger partial charge in [0.05, 0.1) is 5.92 Å². The highest BCUT2D eigenvalue weighted by Crippen LogP contribution is 2.60. The Morgan fingerprint density at radius 3 is 2.62 bits per heavy atom. The molecule has 3 aliphatic rings. The third kappa shape index (κ3) is 1.88. The van der Waals surface area contributed by atoms with E-state index in [9.17, 15) is 4.79 Å². The number of carbonyl (C=O) groups is 1. The van der Waals surface area contributed by atoms with Crippen LogP contribution < -0.4 is 11.1 Å². The summed E-state index contributed by atoms with van der Waals surface area (Å²) in [5, 5.41) is 3.12. The van der Waals surface area contributed by atoms with Gasteiger partial charge in [-0.15, -0.1) is 0 Å². The third-order valence-corrected chi connectivity index (χ3v) is 4.40. The Morgan fingerprint density at radius 1 is 1.38 bits per heavy atom. The molecule has 3 N–H and O–H groups in total. The van der Waals surface area contributed by atoms with E-state index in [1.54, 1.807) is 0 Å². The van der Waals surface area contributed by atoms with Crippen molar-refractivity contribution < 1.29 is 4.79 Å². The summed E-state index contributed by atoms with van der Waals surface area (Å²) in [7, 11) is 0. The van der Waals surface area contributed by atoms with Crippen molar-refractivity contribution in [3.63, 3.8) is 0 Å². The normalized spacial score (nSPS) is 35.1. The Kier molecular flexibility index (Phi) is 2.32. The van der Waals surface area contributed by atoms with Crippen LogP contribution in [0.5, 0.6) is 0 Å². The van der Waals surface area contributed by atoms with Gasteiger partial charge in [0.1, 0.15) is 0 Å². The second-order valence-corrected chi connectivity index (χ2v) is 5.75. The number of nitrogens with two attached hydrogens (primary N) is 1. The topological polar surface area (TPSA) is 55.1 Å². The van der Waals surface area contributed by atoms with E-state index in [4.69, 9.17) is 5.73 Å². The van der Waals surface area contributed by atoms with Gasteiger partial charge >= 0.3 is 0 Å². The average molecular weight is 220 g/mol. The van der Waals surface area contributed by atoms with Crippen LogP contribution in [-0.4, -0.2) is 18.5 Å². The Bertz CT molecular complexity index is 329. The Hall–Kier alpha value is -0.830. The van der Waals surface area contributed by atoms with Crippen LogP contribution in [0.3, 0.4) is 0 Å². The summed E-state index contributed by atoms with van der Waals surface area (Å²) in [5.74, 6) is 1.11. The molecule has 0 aromatic rings. The zero-order valence-corrected chi connectivity index (χ0v) is 9.61. The highest BCUT2D eigenvalue weighted by atomic mass is 16.1. The molecule has 0 radical (unpaired) electrons. The molecule has 3 aliphatic carbocycles. The van der Waals surface area contributed by atoms with E-state index in [1.165, 1.54) is 25.7 Å². The van der Waals surface area contributed by atoms with E-state index < -0.39 is 0 Å². The average Bonchev–Trinajstić information content (AvgIpc) is 3.14. The molecular weight excluding hydrogens is 200 g/mol. The maximum atomic E-state index is 11.9. The fourth-order valence-corrected chi connectivity index (χ4v) is 2.90. The molecule has 0 spiro atoms. The molecule has 16 heavy (non-hydrogen) atoms. The monoisotopic (exact) mass is 220 g/mol. The lowest BCUT2D eigenvalue weighted by Gasteiger charge is -2.17. The summed E-state index contributed by atoms with van der Waals surface area (Å²) in [6, 6.07) is 0.0778. The molecule has 2 saturated carbocycles. The largest absolute Gasteiger partial charge is 0.355 e. The van der Waals surface area contributed by atoms with Gasteiger partial charge in [-0.3, -0.25) is 4.79 Å². The fourth-order valence-electron chi connectivity index (χ4n) is 2.90. The molecule has 0 aliphatic heterocycles. The van der Waals surface area contributed by atoms with Gasteiger partial charge in [0.2, 0.25) is 5.91 Å². The van der Waals surface area contributed by atoms with Gasteiger partial charge in [-0.05, 0) is 43.4 Å². The summed E-state index contributed by atoms with van der Waals surface area (Å²) < 4.78 is 0. The van der Waals surface area contributed by atoms with Crippen molar-refractivity contribution in [2.75, 3.05) is 6.54 Å². The number of hydrogen-bond donors (Lipinski definition) is 2. The molecule has 3 rings (SSSR count). The van der Waals surface area contributed by atoms with Crippen molar-refractivity contribution in [3.05, 3.63) is 12.2 Å². The van der Waals surface area contributed by atoms with Gasteiger partial charge in [0, 0.05) is 12.6 Å². The molecule has 0 aromatic heterocycles. The van der Waals surface area contributed by atoms with Crippen molar-refractivity contribution >= 4 is 5.91 Å². The van der Waals surface area contributed by atoms with Crippen LogP contribution >= 0.6 is 0 Å². The molecule has 3 nitrogen and oxygen atoms in total. The molecular formula is C13H20N2O. The Balaban J connectivity index is 1.48. The van der Waals surface area contributed by atoms with Crippen LogP contribution in [0.1, 0.15) is 32.1 Å². The Morgan fingerprint density at radius 2 is 2.12 bits per heavy atom. The lowest BCUT2D eigenvalue weighted by atomic mass is 10.00. The standard InChI is InChI=1S/C13H20N2O/c14-11-4-1-9(7-11)12(16)15-8-13(5-6-13)10-2-3-10/h1,4,9-11H,2-3,5-8,14H2,(H,15,16). The van der Waals surface area contributed by atoms with Gasteiger partial charge in [0.15, 0.2) is 0 Å². The first-order valence-electron chi connectivity index (χ1n) is 6.41. The molecule has 0 aromatic carbocycles. The minimum atomic E-state index is 0.0185. The maximum absolute atomic E-state index is 11.9. The minimum absolute atomic E-state index is 0.0185. The minimum Gasteiger partial charge on any atom is -0.355 e. The highest BCUT2D eigenvalue weighted by molar-refractivity contribution is 5.81. The predicted octanol–water partition coefficient (Wildman–Crippen LogP) is 1.20. The molecule has 0 heterocycles. The van der Waals surface area contributed by atoms with Crippen LogP contribution in [0.15, 0.2) is 12.2 Å². The SMILES string of the molecule is NC1C=CC(C(=O)NCC2(C3CC3)CC2)C1. The van der Waals surface area contributed by atoms with Crippen LogP contribution in [0.2, 0.25) is 0 Å². The van der Waals surface area contributed by atoms with Gasteiger partial charge in [-0.25, -0.2) is 0 Å². The molecule has 2 atom stereocenters. The Labute approximate surface area is 96.5 Å². The fraction of sp³-hybridized carbons (Fsp3) is 0.769. The lowest BCUT2D eigenvalue weighted by Crippen LogP contribution is -2.35. The highest BCUT2D eigenvalue weighted by Gasteiger charge is 2.53. The summed E-state index contributed by atoms with van der Waals surface area (Å²) in [4.78, 5) is 11.9. The second-order valence-electron chi connectivity index (χ2n) is 5.75. The number of hydrogen-bond acceptors (Lipinski definition) is 2. The number of rotatable bonds is 4. The van der Waals surface area contributed by atoms with Crippen molar-refractivity contribution in [3.8, 4) is 0 Å². The van der Waals surface area contributed by atoms with Gasteiger partial charge < -0.3 is 11.1 Å². The molecule has 88 valence electrons. The van der Waals surface area contributed by atoms with Crippen molar-refractivity contribution in [2.24, 2.45) is 23.0 Å². The van der Waals surface area contributed by atoms with Crippen molar-refractivity contribution in [2.45, 2.75) is 38.1 Å². The number of amides is 1. The van der Waals surface area contributed by atoms with E-state index in [0.29, 0.717) is 5.41 Å². The third-order valence-electron chi connectivity index (χ3n) is 4.40. The smallest absolute Gasteiger partial charge is 0.227 e. The molecule has 3 heteroatoms. The predicted molar refractivity (Wildman–Crippen MR) is 62.6 cm³/mol. The first-order chi connectivity index (χ1) is 7.70. The van der Waals surface area contributed by atoms with Crippen LogP contribution in [-0.2, 0) is 4.79 Å². The van der Waals surface area contributed by atoms with E-state index >= 15 is 0 Å². The zero-order valence-electron chi connectivity index (χ0n) is 9.61. The first-order valence-corrected chi connectivity index (χ1v) is 6.41. The van der Waals surface area contributed by atoms with Gasteiger partial charge in [0.25, 0.3) is 0 Å². The van der Waals surface area contributed by atoms with E-state index in [2.05, 4.69) is 5.32 Å². The van der Waals surface area contributed by atoms with Crippen molar-refractivity contribution in [1.82, 2.24) is 5.32 Å². The van der Waals surface area contributed by atoms with Crippen LogP contribution in [0, 0.1) is 17.3 Å². The second kappa shape index (κ2) is 3.59. The zero-order chi connectivity index (χ0) is 11.2. The summed E-state index contributed by atoms with van der Waals surface area (Å²) in [6.45, 7) is 0.899. The number of nitrogens with one attached hydrogen (secondary N) is 1. The summed E-state index contributed by atoms with van der Waals surface area (Å²) in [5.41, 5.74) is 6.25. The molecule has 0 saturated heterocycles. The van der Waals surface area contributed by atoms with E-state index in [1.807, 2.05) is 12.2 Å². The lowest BCUT2D eigenvalue weighted by molar-refractivity contribution is -0.123. The quantitative estimate of drug-likeness (QED) is 0.699. The molecule has 2 fully saturated rings. The van der Waals surface area contributed by atoms with E-state index in [0.717, 1.165) is 18.9 Å². The van der Waals surface area contributed by atoms with Gasteiger partial charge in [-0.2, -0.15) is 0 Å². The van der Waals surface area contributed by atoms with Crippen LogP contribution in [0.25, 0.3) is 0 Å². The molecule has 0 bridgehead atoms. The molecule has 2 unspecified atom stereocenters. The van der Waals surface area contributed by atoms with Crippen LogP contribution in [0.4, 0.5) is 0 Å². The summed E-state index contributed by atoms with van der Waals surface area (Å²) in [6.07, 6.45) is 10.1. The summed E-state index contributed by atoms with van der Waals surface area (Å²) >= 11 is 0. The van der Waals surface area contributed by atoms with Crippen molar-refractivity contribution in [1.29, 1.82) is 0 Å².